The van der Waals surface area contributed by atoms with Crippen LogP contribution in [0.15, 0.2) is 48.7 Å². The molecule has 1 amide bonds. The van der Waals surface area contributed by atoms with Crippen molar-refractivity contribution in [2.75, 3.05) is 44.7 Å². The number of hydrogen-bond donors (Lipinski definition) is 1. The van der Waals surface area contributed by atoms with Crippen LogP contribution in [-0.2, 0) is 16.1 Å². The van der Waals surface area contributed by atoms with Crippen LogP contribution in [0.25, 0.3) is 0 Å². The van der Waals surface area contributed by atoms with Gasteiger partial charge in [0.2, 0.25) is 5.91 Å². The minimum atomic E-state index is -0.514. The number of amides is 1. The van der Waals surface area contributed by atoms with Crippen molar-refractivity contribution in [3.8, 4) is 5.75 Å². The molecule has 1 aromatic heterocycles. The molecule has 3 rings (SSSR count). The summed E-state index contributed by atoms with van der Waals surface area (Å²) in [6.07, 6.45) is 1.32. The maximum atomic E-state index is 12.5. The van der Waals surface area contributed by atoms with Crippen molar-refractivity contribution in [3.63, 3.8) is 0 Å². The lowest BCUT2D eigenvalue weighted by molar-refractivity contribution is -0.133. The van der Waals surface area contributed by atoms with E-state index in [1.165, 1.54) is 0 Å². The molecule has 0 bridgehead atoms. The lowest BCUT2D eigenvalue weighted by Crippen LogP contribution is -2.52. The van der Waals surface area contributed by atoms with E-state index in [0.717, 1.165) is 49.9 Å². The van der Waals surface area contributed by atoms with Gasteiger partial charge < -0.3 is 19.7 Å². The number of ether oxygens (including phenoxy) is 2. The molecule has 7 nitrogen and oxygen atoms in total. The summed E-state index contributed by atoms with van der Waals surface area (Å²) in [5, 5.41) is 3.07. The van der Waals surface area contributed by atoms with Crippen molar-refractivity contribution in [1.29, 1.82) is 0 Å². The average Bonchev–Trinajstić information content (AvgIpc) is 2.78. The van der Waals surface area contributed by atoms with Crippen molar-refractivity contribution in [2.45, 2.75) is 32.6 Å². The van der Waals surface area contributed by atoms with E-state index in [-0.39, 0.29) is 11.9 Å². The zero-order valence-corrected chi connectivity index (χ0v) is 18.1. The summed E-state index contributed by atoms with van der Waals surface area (Å²) in [7, 11) is 1.63. The number of aromatic nitrogens is 1. The Balaban J connectivity index is 1.37. The molecule has 162 valence electrons. The Labute approximate surface area is 179 Å². The molecule has 2 heterocycles. The average molecular weight is 413 g/mol. The molecule has 2 unspecified atom stereocenters. The summed E-state index contributed by atoms with van der Waals surface area (Å²) in [6.45, 7) is 8.82. The van der Waals surface area contributed by atoms with Gasteiger partial charge in [0.1, 0.15) is 17.7 Å². The van der Waals surface area contributed by atoms with E-state index in [9.17, 15) is 4.79 Å². The third-order valence-electron chi connectivity index (χ3n) is 5.27. The number of nitrogens with zero attached hydrogens (tertiary/aromatic N) is 3. The second-order valence-electron chi connectivity index (χ2n) is 7.69. The molecule has 2 atom stereocenters. The number of benzene rings is 1. The first kappa shape index (κ1) is 22.1. The second-order valence-corrected chi connectivity index (χ2v) is 7.69. The molecule has 0 spiro atoms. The minimum Gasteiger partial charge on any atom is -0.497 e. The summed E-state index contributed by atoms with van der Waals surface area (Å²) in [6, 6.07) is 13.7. The zero-order chi connectivity index (χ0) is 21.3. The molecule has 30 heavy (non-hydrogen) atoms. The molecule has 0 saturated carbocycles. The number of nitrogens with one attached hydrogen (secondary N) is 1. The lowest BCUT2D eigenvalue weighted by Gasteiger charge is -2.36. The molecular formula is C23H32N4O3. The van der Waals surface area contributed by atoms with Gasteiger partial charge in [-0.25, -0.2) is 4.98 Å². The van der Waals surface area contributed by atoms with Crippen molar-refractivity contribution >= 4 is 11.7 Å². The smallest absolute Gasteiger partial charge is 0.249 e. The largest absolute Gasteiger partial charge is 0.497 e. The Bertz CT molecular complexity index is 794. The summed E-state index contributed by atoms with van der Waals surface area (Å²) in [4.78, 5) is 21.6. The van der Waals surface area contributed by atoms with Crippen LogP contribution in [0.4, 0.5) is 5.82 Å². The maximum Gasteiger partial charge on any atom is 0.249 e. The number of carbonyl (C=O) groups excluding carboxylic acids is 1. The Morgan fingerprint density at radius 1 is 1.13 bits per heavy atom. The topological polar surface area (TPSA) is 66.9 Å². The number of pyridine rings is 1. The first-order chi connectivity index (χ1) is 14.5. The molecule has 7 heteroatoms. The number of carbonyl (C=O) groups is 1. The molecule has 1 saturated heterocycles. The van der Waals surface area contributed by atoms with Crippen molar-refractivity contribution in [2.24, 2.45) is 0 Å². The van der Waals surface area contributed by atoms with Crippen molar-refractivity contribution < 1.29 is 14.3 Å². The Morgan fingerprint density at radius 3 is 2.63 bits per heavy atom. The molecule has 0 radical (unpaired) electrons. The Hall–Kier alpha value is -2.64. The van der Waals surface area contributed by atoms with Crippen LogP contribution in [0, 0.1) is 0 Å². The van der Waals surface area contributed by atoms with E-state index in [2.05, 4.69) is 20.1 Å². The normalized spacial score (nSPS) is 16.7. The van der Waals surface area contributed by atoms with Crippen LogP contribution in [0.5, 0.6) is 5.75 Å². The number of rotatable bonds is 9. The number of piperazine rings is 1. The van der Waals surface area contributed by atoms with E-state index in [4.69, 9.17) is 9.47 Å². The van der Waals surface area contributed by atoms with Crippen LogP contribution >= 0.6 is 0 Å². The molecule has 0 aliphatic carbocycles. The van der Waals surface area contributed by atoms with E-state index in [1.807, 2.05) is 55.6 Å². The van der Waals surface area contributed by atoms with E-state index < -0.39 is 6.10 Å². The van der Waals surface area contributed by atoms with Crippen LogP contribution in [-0.4, -0.2) is 67.8 Å². The van der Waals surface area contributed by atoms with Gasteiger partial charge in [-0.2, -0.15) is 0 Å². The summed E-state index contributed by atoms with van der Waals surface area (Å²) >= 11 is 0. The molecule has 1 aliphatic heterocycles. The second kappa shape index (κ2) is 10.9. The van der Waals surface area contributed by atoms with Gasteiger partial charge in [-0.05, 0) is 43.7 Å². The quantitative estimate of drug-likeness (QED) is 0.682. The number of anilines is 1. The minimum absolute atomic E-state index is 0.0572. The van der Waals surface area contributed by atoms with Gasteiger partial charge in [-0.3, -0.25) is 9.69 Å². The summed E-state index contributed by atoms with van der Waals surface area (Å²) in [5.41, 5.74) is 0.979. The van der Waals surface area contributed by atoms with Gasteiger partial charge in [0.05, 0.1) is 13.7 Å². The molecule has 2 aromatic rings. The molecular weight excluding hydrogens is 380 g/mol. The lowest BCUT2D eigenvalue weighted by atomic mass is 10.2. The fourth-order valence-corrected chi connectivity index (χ4v) is 3.55. The SMILES string of the molecule is COc1cccc(COC(C)C(=O)NC(C)CN2CCN(c3ccccn3)CC2)c1. The van der Waals surface area contributed by atoms with Crippen molar-refractivity contribution in [1.82, 2.24) is 15.2 Å². The van der Waals surface area contributed by atoms with Gasteiger partial charge in [-0.1, -0.05) is 18.2 Å². The maximum absolute atomic E-state index is 12.5. The zero-order valence-electron chi connectivity index (χ0n) is 18.1. The molecule has 1 aromatic carbocycles. The Morgan fingerprint density at radius 2 is 1.93 bits per heavy atom. The number of hydrogen-bond acceptors (Lipinski definition) is 6. The van der Waals surface area contributed by atoms with E-state index >= 15 is 0 Å². The van der Waals surface area contributed by atoms with Crippen LogP contribution in [0.3, 0.4) is 0 Å². The summed E-state index contributed by atoms with van der Waals surface area (Å²) in [5.74, 6) is 1.72. The molecule has 1 aliphatic rings. The van der Waals surface area contributed by atoms with Crippen LogP contribution in [0.2, 0.25) is 0 Å². The highest BCUT2D eigenvalue weighted by Gasteiger charge is 2.21. The van der Waals surface area contributed by atoms with E-state index in [1.54, 1.807) is 14.0 Å². The Kier molecular flexibility index (Phi) is 8.04. The van der Waals surface area contributed by atoms with Crippen LogP contribution < -0.4 is 15.0 Å². The highest BCUT2D eigenvalue weighted by atomic mass is 16.5. The summed E-state index contributed by atoms with van der Waals surface area (Å²) < 4.78 is 11.0. The molecule has 1 N–H and O–H groups in total. The monoisotopic (exact) mass is 412 g/mol. The number of methoxy groups -OCH3 is 1. The predicted octanol–water partition coefficient (Wildman–Crippen LogP) is 2.32. The van der Waals surface area contributed by atoms with Gasteiger partial charge >= 0.3 is 0 Å². The van der Waals surface area contributed by atoms with E-state index in [0.29, 0.717) is 6.61 Å². The fourth-order valence-electron chi connectivity index (χ4n) is 3.55. The first-order valence-corrected chi connectivity index (χ1v) is 10.5. The standard InChI is InChI=1S/C23H32N4O3/c1-18(16-26-11-13-27(14-12-26)22-9-4-5-10-24-22)25-23(28)19(2)30-17-20-7-6-8-21(15-20)29-3/h4-10,15,18-19H,11-14,16-17H2,1-3H3,(H,25,28). The predicted molar refractivity (Wildman–Crippen MR) is 118 cm³/mol. The molecule has 1 fully saturated rings. The van der Waals surface area contributed by atoms with Gasteiger partial charge in [-0.15, -0.1) is 0 Å². The highest BCUT2D eigenvalue weighted by molar-refractivity contribution is 5.80. The third-order valence-corrected chi connectivity index (χ3v) is 5.27. The third kappa shape index (κ3) is 6.43. The van der Waals surface area contributed by atoms with Gasteiger partial charge in [0, 0.05) is 45.0 Å². The highest BCUT2D eigenvalue weighted by Crippen LogP contribution is 2.14. The van der Waals surface area contributed by atoms with Gasteiger partial charge in [0.15, 0.2) is 0 Å². The van der Waals surface area contributed by atoms with Gasteiger partial charge in [0.25, 0.3) is 0 Å². The van der Waals surface area contributed by atoms with Crippen LogP contribution in [0.1, 0.15) is 19.4 Å². The first-order valence-electron chi connectivity index (χ1n) is 10.5. The van der Waals surface area contributed by atoms with Crippen molar-refractivity contribution in [3.05, 3.63) is 54.2 Å². The fraction of sp³-hybridized carbons (Fsp3) is 0.478.